The van der Waals surface area contributed by atoms with Crippen LogP contribution in [-0.4, -0.2) is 35.4 Å². The third kappa shape index (κ3) is 14.0. The molecule has 0 unspecified atom stereocenters. The van der Waals surface area contributed by atoms with Crippen LogP contribution in [0.3, 0.4) is 0 Å². The molecule has 1 aliphatic carbocycles. The molecule has 0 atom stereocenters. The Balaban J connectivity index is 0.000000107. The number of fused-ring (bicyclic) bond motifs is 21. The summed E-state index contributed by atoms with van der Waals surface area (Å²) in [6, 6.07) is 148. The van der Waals surface area contributed by atoms with E-state index in [-0.39, 0.29) is 4.47 Å². The zero-order valence-electron chi connectivity index (χ0n) is 68.8. The Bertz CT molecular complexity index is 8390. The quantitative estimate of drug-likeness (QED) is 0.117. The van der Waals surface area contributed by atoms with E-state index in [1.807, 2.05) is 66.7 Å². The maximum Gasteiger partial charge on any atom is 0.489 e. The summed E-state index contributed by atoms with van der Waals surface area (Å²) in [5.41, 5.74) is 30.2. The number of furan rings is 2. The number of aromatic nitrogens is 4. The van der Waals surface area contributed by atoms with E-state index in [9.17, 15) is 18.8 Å². The minimum Gasteiger partial charge on any atom is -0.456 e. The molecule has 13 heteroatoms. The molecule has 25 aromatic rings. The van der Waals surface area contributed by atoms with Crippen molar-refractivity contribution in [1.29, 1.82) is 0 Å². The van der Waals surface area contributed by atoms with Crippen LogP contribution in [0.25, 0.3) is 198 Å². The Hall–Kier alpha value is -15.2. The van der Waals surface area contributed by atoms with Crippen molar-refractivity contribution >= 4 is 176 Å². The molecule has 19 aromatic carbocycles. The molecule has 128 heavy (non-hydrogen) atoms. The average Bonchev–Trinajstić information content (AvgIpc) is 1.56. The second kappa shape index (κ2) is 33.4. The van der Waals surface area contributed by atoms with Gasteiger partial charge in [0, 0.05) is 86.0 Å². The number of nitrogens with zero attached hydrogens (tertiary/aromatic N) is 4. The molecule has 0 amide bonds. The molecule has 0 saturated carbocycles. The van der Waals surface area contributed by atoms with Gasteiger partial charge in [-0.3, -0.25) is 0 Å². The SMILES string of the molecule is Brc1cc(-n2c3ccccc3c3ccccc32)ccc1-n1c2ccccc2c2ccccc21.Fc1ccc(F)c(Br)c1.OB(O)c1ccccc1-c1cccc2oc3ccccc3c12.c1ccc(-c2ccc(-n3c4ccccc4c4ccccc43)cc2-n2c3ccccc3c3ccccc32)c(-c2ccc3oc4ccccc4c3c2)c1.c1ccc2c(c1)Cc1ccccc1-2. The third-order valence-electron chi connectivity index (χ3n) is 24.7. The fraction of sp³-hybridized carbons (Fsp3) is 0.00870. The molecular weight excluding hydrogens is 1710 g/mol. The van der Waals surface area contributed by atoms with Crippen LogP contribution in [0.4, 0.5) is 8.78 Å². The van der Waals surface area contributed by atoms with Crippen molar-refractivity contribution in [3.8, 4) is 67.3 Å². The molecule has 8 nitrogen and oxygen atoms in total. The summed E-state index contributed by atoms with van der Waals surface area (Å²) < 4.78 is 47.3. The summed E-state index contributed by atoms with van der Waals surface area (Å²) in [4.78, 5) is 0. The van der Waals surface area contributed by atoms with Crippen LogP contribution in [0.1, 0.15) is 11.1 Å². The number of hydrogen-bond acceptors (Lipinski definition) is 4. The Morgan fingerprint density at radius 2 is 0.625 bits per heavy atom. The smallest absolute Gasteiger partial charge is 0.456 e. The highest BCUT2D eigenvalue weighted by Crippen LogP contribution is 2.46. The van der Waals surface area contributed by atoms with Crippen molar-refractivity contribution in [2.75, 3.05) is 0 Å². The largest absolute Gasteiger partial charge is 0.489 e. The first-order valence-corrected chi connectivity index (χ1v) is 44.1. The first kappa shape index (κ1) is 78.7. The Morgan fingerprint density at radius 3 is 1.12 bits per heavy atom. The van der Waals surface area contributed by atoms with Gasteiger partial charge >= 0.3 is 7.12 Å². The number of rotatable bonds is 8. The van der Waals surface area contributed by atoms with Gasteiger partial charge in [0.1, 0.15) is 34.0 Å². The van der Waals surface area contributed by atoms with Crippen LogP contribution < -0.4 is 5.46 Å². The monoisotopic (exact) mass is 1780 g/mol. The number of benzene rings is 19. The van der Waals surface area contributed by atoms with Crippen molar-refractivity contribution in [3.05, 3.63) is 462 Å². The average molecular weight is 1790 g/mol. The van der Waals surface area contributed by atoms with Gasteiger partial charge in [-0.05, 0) is 221 Å². The predicted molar refractivity (Wildman–Crippen MR) is 534 cm³/mol. The fourth-order valence-corrected chi connectivity index (χ4v) is 19.9. The van der Waals surface area contributed by atoms with Crippen molar-refractivity contribution in [2.45, 2.75) is 6.42 Å². The third-order valence-corrected chi connectivity index (χ3v) is 25.9. The van der Waals surface area contributed by atoms with Gasteiger partial charge in [-0.25, -0.2) is 8.78 Å². The van der Waals surface area contributed by atoms with Gasteiger partial charge in [0.05, 0.1) is 60.0 Å². The maximum atomic E-state index is 12.3. The summed E-state index contributed by atoms with van der Waals surface area (Å²) in [7, 11) is -1.51. The number of hydrogen-bond donors (Lipinski definition) is 2. The summed E-state index contributed by atoms with van der Waals surface area (Å²) in [5, 5.41) is 33.6. The van der Waals surface area contributed by atoms with Gasteiger partial charge in [-0.15, -0.1) is 0 Å². The number of para-hydroxylation sites is 10. The van der Waals surface area contributed by atoms with E-state index >= 15 is 0 Å². The Morgan fingerprint density at radius 1 is 0.250 bits per heavy atom. The Labute approximate surface area is 751 Å². The van der Waals surface area contributed by atoms with Crippen molar-refractivity contribution < 1.29 is 27.7 Å². The molecule has 610 valence electrons. The molecule has 6 aromatic heterocycles. The number of halogens is 4. The second-order valence-electron chi connectivity index (χ2n) is 32.0. The molecular formula is C115H75BBr2F2N4O4. The molecule has 0 aliphatic heterocycles. The van der Waals surface area contributed by atoms with E-state index in [0.717, 1.165) is 112 Å². The highest BCUT2D eigenvalue weighted by atomic mass is 79.9. The topological polar surface area (TPSA) is 86.5 Å². The first-order valence-electron chi connectivity index (χ1n) is 42.5. The second-order valence-corrected chi connectivity index (χ2v) is 33.7. The van der Waals surface area contributed by atoms with E-state index in [4.69, 9.17) is 8.83 Å². The summed E-state index contributed by atoms with van der Waals surface area (Å²) >= 11 is 6.75. The lowest BCUT2D eigenvalue weighted by molar-refractivity contribution is 0.426. The van der Waals surface area contributed by atoms with Crippen molar-refractivity contribution in [1.82, 2.24) is 18.3 Å². The molecule has 6 heterocycles. The Kier molecular flexibility index (Phi) is 20.5. The molecule has 1 aliphatic rings. The van der Waals surface area contributed by atoms with Crippen LogP contribution in [-0.2, 0) is 6.42 Å². The highest BCUT2D eigenvalue weighted by molar-refractivity contribution is 9.10. The van der Waals surface area contributed by atoms with E-state index in [1.54, 1.807) is 12.1 Å². The van der Waals surface area contributed by atoms with Gasteiger partial charge in [0.25, 0.3) is 0 Å². The molecule has 26 rings (SSSR count). The van der Waals surface area contributed by atoms with Gasteiger partial charge < -0.3 is 37.2 Å². The molecule has 0 spiro atoms. The van der Waals surface area contributed by atoms with Gasteiger partial charge in [0.2, 0.25) is 0 Å². The predicted octanol–water partition coefficient (Wildman–Crippen LogP) is 30.7. The zero-order chi connectivity index (χ0) is 86.0. The normalized spacial score (nSPS) is 11.6. The maximum absolute atomic E-state index is 12.3. The van der Waals surface area contributed by atoms with E-state index in [0.29, 0.717) is 5.46 Å². The molecule has 2 N–H and O–H groups in total. The first-order chi connectivity index (χ1) is 63.0. The lowest BCUT2D eigenvalue weighted by Crippen LogP contribution is -2.31. The van der Waals surface area contributed by atoms with Crippen LogP contribution in [0.15, 0.2) is 448 Å². The van der Waals surface area contributed by atoms with Crippen LogP contribution >= 0.6 is 31.9 Å². The van der Waals surface area contributed by atoms with Crippen LogP contribution in [0.5, 0.6) is 0 Å². The summed E-state index contributed by atoms with van der Waals surface area (Å²) in [5.74, 6) is -0.889. The van der Waals surface area contributed by atoms with Crippen LogP contribution in [0.2, 0.25) is 0 Å². The van der Waals surface area contributed by atoms with Gasteiger partial charge in [-0.1, -0.05) is 303 Å². The minimum atomic E-state index is -1.51. The summed E-state index contributed by atoms with van der Waals surface area (Å²) in [6.45, 7) is 0. The van der Waals surface area contributed by atoms with Crippen LogP contribution in [0, 0.1) is 11.6 Å². The lowest BCUT2D eigenvalue weighted by Gasteiger charge is -2.19. The minimum absolute atomic E-state index is 0.155. The molecule has 0 fully saturated rings. The van der Waals surface area contributed by atoms with Crippen molar-refractivity contribution in [3.63, 3.8) is 0 Å². The van der Waals surface area contributed by atoms with Gasteiger partial charge in [0.15, 0.2) is 0 Å². The lowest BCUT2D eigenvalue weighted by atomic mass is 9.75. The molecule has 0 radical (unpaired) electrons. The molecule has 0 bridgehead atoms. The zero-order valence-corrected chi connectivity index (χ0v) is 72.0. The van der Waals surface area contributed by atoms with E-state index < -0.39 is 18.8 Å². The molecule has 0 saturated heterocycles. The fourth-order valence-electron chi connectivity index (χ4n) is 19.0. The van der Waals surface area contributed by atoms with E-state index in [1.165, 1.54) is 126 Å². The van der Waals surface area contributed by atoms with E-state index in [2.05, 4.69) is 384 Å². The summed E-state index contributed by atoms with van der Waals surface area (Å²) in [6.07, 6.45) is 1.10. The van der Waals surface area contributed by atoms with Crippen molar-refractivity contribution in [2.24, 2.45) is 0 Å². The van der Waals surface area contributed by atoms with Gasteiger partial charge in [-0.2, -0.15) is 0 Å². The standard InChI is InChI=1S/C48H30N2O.C30H19BrN2.C18H13BO3.C13H10.C6H3BrF2/c1-2-14-34(33(13-1)31-25-28-48-41(29-31)40-19-7-12-24-47(40)51-48)39-27-26-32(49-42-20-8-3-15-35(42)36-16-4-9-21-43(36)49)30-46(39)50-44-22-10-5-17-37(44)38-18-6-11-23-45(38)50;31-25-19-20(32-26-13-5-1-9-21(26)22-10-2-6-14-27(22)32)17-18-30(25)33-28-15-7-3-11-23(28)24-12-4-8-16-29(24)33;20-19(21)15-9-3-1-6-12(15)13-8-5-11-17-18(13)14-7-2-4-10-16(14)22-17;1-3-7-12-10(5-1)9-11-6-2-4-8-13(11)12;7-5-3-4(8)1-2-6(5)9/h1-30H;1-19H;1-11,20-21H;1-8H,9H2;1-3H. The highest BCUT2D eigenvalue weighted by Gasteiger charge is 2.25.